The molecule has 2 amide bonds. The van der Waals surface area contributed by atoms with E-state index in [0.29, 0.717) is 34.1 Å². The van der Waals surface area contributed by atoms with Gasteiger partial charge in [0.2, 0.25) is 5.91 Å². The Labute approximate surface area is 337 Å². The third-order valence-electron chi connectivity index (χ3n) is 9.54. The van der Waals surface area contributed by atoms with Gasteiger partial charge in [-0.25, -0.2) is 4.98 Å². The van der Waals surface area contributed by atoms with Crippen LogP contribution >= 0.6 is 11.8 Å². The fraction of sp³-hybridized carbons (Fsp3) is 0.318. The zero-order valence-corrected chi connectivity index (χ0v) is 34.4. The van der Waals surface area contributed by atoms with E-state index in [9.17, 15) is 14.4 Å². The molecule has 2 heterocycles. The van der Waals surface area contributed by atoms with Crippen LogP contribution in [0.1, 0.15) is 82.3 Å². The number of aryl methyl sites for hydroxylation is 2. The smallest absolute Gasteiger partial charge is 0.262 e. The number of ether oxygens (including phenoxy) is 2. The first-order valence-electron chi connectivity index (χ1n) is 19.1. The van der Waals surface area contributed by atoms with Gasteiger partial charge < -0.3 is 25.1 Å². The van der Waals surface area contributed by atoms with Gasteiger partial charge in [-0.1, -0.05) is 76.1 Å². The molecule has 1 atom stereocenters. The number of carbonyl (C=O) groups is 2. The second kappa shape index (κ2) is 19.8. The van der Waals surface area contributed by atoms with E-state index >= 15 is 0 Å². The van der Waals surface area contributed by atoms with E-state index in [4.69, 9.17) is 9.47 Å². The molecular weight excluding hydrogens is 739 g/mol. The lowest BCUT2D eigenvalue weighted by Crippen LogP contribution is -2.24. The number of hydrogen-bond acceptors (Lipinski definition) is 9. The summed E-state index contributed by atoms with van der Waals surface area (Å²) in [6.07, 6.45) is 5.25. The molecule has 13 heteroatoms. The monoisotopic (exact) mass is 789 g/mol. The first kappa shape index (κ1) is 42.2. The molecule has 0 saturated heterocycles. The predicted molar refractivity (Wildman–Crippen MR) is 228 cm³/mol. The normalized spacial score (nSPS) is 11.6. The molecule has 0 aliphatic carbocycles. The standard InChI is InChI=1S/C38H40N4O5.C6H11N3S/c1-7-38(5,6)26-14-19-32(24(3)20-26)46-22-34(43)39-27-15-18-30-29(21-27)37(45)42-35(40-30)25(4)36(44)41-31-10-8-9-11-33(31)47-28-16-12-23(2)13-17-28;1-2-3-4-10-6-5-7-9-8-6/h8-21,25H,7,22H2,1-6H3,(H,39,43)(H,41,44)(H,40,42,45);5H,2-4H2,1H3,(H,7,8,9). The average Bonchev–Trinajstić information content (AvgIpc) is 3.73. The quantitative estimate of drug-likeness (QED) is 0.0586. The molecule has 0 spiro atoms. The minimum atomic E-state index is -0.776. The average molecular weight is 790 g/mol. The number of benzene rings is 4. The van der Waals surface area contributed by atoms with Gasteiger partial charge in [-0.05, 0) is 104 Å². The molecule has 0 aliphatic heterocycles. The summed E-state index contributed by atoms with van der Waals surface area (Å²) in [5.74, 6) is 1.62. The summed E-state index contributed by atoms with van der Waals surface area (Å²) in [5, 5.41) is 17.1. The summed E-state index contributed by atoms with van der Waals surface area (Å²) in [7, 11) is 0. The van der Waals surface area contributed by atoms with Crippen LogP contribution in [0.2, 0.25) is 0 Å². The highest BCUT2D eigenvalue weighted by Crippen LogP contribution is 2.32. The Morgan fingerprint density at radius 1 is 0.930 bits per heavy atom. The lowest BCUT2D eigenvalue weighted by Gasteiger charge is -2.24. The van der Waals surface area contributed by atoms with Crippen LogP contribution in [0.15, 0.2) is 101 Å². The molecule has 0 fully saturated rings. The number of thioether (sulfide) groups is 1. The molecule has 298 valence electrons. The van der Waals surface area contributed by atoms with E-state index in [1.54, 1.807) is 61.3 Å². The van der Waals surface area contributed by atoms with Crippen LogP contribution in [-0.2, 0) is 15.0 Å². The number of unbranched alkanes of at least 4 members (excludes halogenated alkanes) is 1. The van der Waals surface area contributed by atoms with Crippen LogP contribution in [0.25, 0.3) is 10.9 Å². The highest BCUT2D eigenvalue weighted by molar-refractivity contribution is 7.99. The number of anilines is 2. The zero-order valence-electron chi connectivity index (χ0n) is 33.6. The van der Waals surface area contributed by atoms with Gasteiger partial charge in [-0.3, -0.25) is 14.4 Å². The highest BCUT2D eigenvalue weighted by Gasteiger charge is 2.22. The molecule has 0 saturated carbocycles. The number of aromatic nitrogens is 5. The summed E-state index contributed by atoms with van der Waals surface area (Å²) in [6, 6.07) is 25.6. The number of para-hydroxylation sites is 2. The van der Waals surface area contributed by atoms with Gasteiger partial charge in [-0.2, -0.15) is 10.3 Å². The van der Waals surface area contributed by atoms with Crippen molar-refractivity contribution in [1.29, 1.82) is 0 Å². The number of nitrogens with zero attached hydrogens (tertiary/aromatic N) is 3. The SMILES string of the molecule is CCC(C)(C)c1ccc(OCC(=O)Nc2ccc3nc(C(C)C(=O)Nc4ccccc4Oc4ccc(C)cc4)[nH]c(=O)c3c2)c(C)c1.CCCCSc1cn[nH]n1. The molecule has 0 aliphatic rings. The van der Waals surface area contributed by atoms with Crippen molar-refractivity contribution >= 4 is 45.9 Å². The van der Waals surface area contributed by atoms with Crippen LogP contribution in [0.3, 0.4) is 0 Å². The number of aromatic amines is 2. The topological polar surface area (TPSA) is 164 Å². The highest BCUT2D eigenvalue weighted by atomic mass is 32.2. The van der Waals surface area contributed by atoms with Crippen molar-refractivity contribution in [3.05, 3.63) is 124 Å². The third-order valence-corrected chi connectivity index (χ3v) is 10.5. The first-order valence-corrected chi connectivity index (χ1v) is 20.1. The Balaban J connectivity index is 0.000000540. The van der Waals surface area contributed by atoms with Crippen LogP contribution in [-0.4, -0.2) is 49.6 Å². The van der Waals surface area contributed by atoms with Gasteiger partial charge in [0.05, 0.1) is 28.7 Å². The lowest BCUT2D eigenvalue weighted by molar-refractivity contribution is -0.118. The maximum atomic E-state index is 13.3. The van der Waals surface area contributed by atoms with Crippen LogP contribution in [0.5, 0.6) is 17.2 Å². The van der Waals surface area contributed by atoms with Crippen molar-refractivity contribution in [1.82, 2.24) is 25.4 Å². The molecule has 4 N–H and O–H groups in total. The second-order valence-electron chi connectivity index (χ2n) is 14.4. The number of hydrogen-bond donors (Lipinski definition) is 4. The summed E-state index contributed by atoms with van der Waals surface area (Å²) in [5.41, 5.74) is 4.23. The van der Waals surface area contributed by atoms with Crippen LogP contribution in [0, 0.1) is 13.8 Å². The van der Waals surface area contributed by atoms with Crippen LogP contribution in [0.4, 0.5) is 11.4 Å². The van der Waals surface area contributed by atoms with E-state index in [1.165, 1.54) is 18.4 Å². The van der Waals surface area contributed by atoms with Gasteiger partial charge in [0.25, 0.3) is 11.5 Å². The number of carbonyl (C=O) groups excluding carboxylic acids is 2. The van der Waals surface area contributed by atoms with Crippen molar-refractivity contribution in [3.8, 4) is 17.2 Å². The van der Waals surface area contributed by atoms with Gasteiger partial charge >= 0.3 is 0 Å². The summed E-state index contributed by atoms with van der Waals surface area (Å²) in [6.45, 7) is 14.2. The predicted octanol–water partition coefficient (Wildman–Crippen LogP) is 9.48. The maximum absolute atomic E-state index is 13.3. The molecule has 0 bridgehead atoms. The second-order valence-corrected chi connectivity index (χ2v) is 15.5. The number of amides is 2. The Hall–Kier alpha value is -5.95. The number of nitrogens with one attached hydrogen (secondary N) is 4. The Morgan fingerprint density at radius 3 is 2.40 bits per heavy atom. The largest absolute Gasteiger partial charge is 0.483 e. The molecule has 6 rings (SSSR count). The minimum absolute atomic E-state index is 0.0540. The van der Waals surface area contributed by atoms with E-state index in [1.807, 2.05) is 56.3 Å². The minimum Gasteiger partial charge on any atom is -0.483 e. The summed E-state index contributed by atoms with van der Waals surface area (Å²) >= 11 is 1.75. The van der Waals surface area contributed by atoms with E-state index in [-0.39, 0.29) is 35.0 Å². The van der Waals surface area contributed by atoms with E-state index < -0.39 is 11.5 Å². The zero-order chi connectivity index (χ0) is 41.0. The van der Waals surface area contributed by atoms with Gasteiger partial charge in [-0.15, -0.1) is 16.9 Å². The lowest BCUT2D eigenvalue weighted by atomic mass is 9.81. The molecule has 6 aromatic rings. The number of rotatable bonds is 15. The van der Waals surface area contributed by atoms with Crippen LogP contribution < -0.4 is 25.7 Å². The molecule has 1 unspecified atom stereocenters. The fourth-order valence-corrected chi connectivity index (χ4v) is 6.43. The Morgan fingerprint density at radius 2 is 1.70 bits per heavy atom. The van der Waals surface area contributed by atoms with Crippen molar-refractivity contribution in [2.45, 2.75) is 84.1 Å². The van der Waals surface area contributed by atoms with Crippen molar-refractivity contribution < 1.29 is 19.1 Å². The molecule has 4 aromatic carbocycles. The summed E-state index contributed by atoms with van der Waals surface area (Å²) < 4.78 is 11.8. The van der Waals surface area contributed by atoms with E-state index in [2.05, 4.69) is 69.8 Å². The molecule has 12 nitrogen and oxygen atoms in total. The molecule has 2 aromatic heterocycles. The van der Waals surface area contributed by atoms with Crippen molar-refractivity contribution in [2.75, 3.05) is 23.0 Å². The first-order chi connectivity index (χ1) is 27.4. The Kier molecular flexibility index (Phi) is 14.6. The third kappa shape index (κ3) is 11.8. The van der Waals surface area contributed by atoms with Gasteiger partial charge in [0.1, 0.15) is 22.3 Å². The summed E-state index contributed by atoms with van der Waals surface area (Å²) in [4.78, 5) is 46.3. The number of H-pyrrole nitrogens is 2. The van der Waals surface area contributed by atoms with Crippen molar-refractivity contribution in [2.24, 2.45) is 0 Å². The molecule has 0 radical (unpaired) electrons. The molecular formula is C44H51N7O5S. The maximum Gasteiger partial charge on any atom is 0.262 e. The van der Waals surface area contributed by atoms with E-state index in [0.717, 1.165) is 28.3 Å². The fourth-order valence-electron chi connectivity index (χ4n) is 5.56. The van der Waals surface area contributed by atoms with Gasteiger partial charge in [0.15, 0.2) is 12.4 Å². The Bertz CT molecular complexity index is 2330. The number of fused-ring (bicyclic) bond motifs is 1. The van der Waals surface area contributed by atoms with Gasteiger partial charge in [0, 0.05) is 5.69 Å². The molecule has 57 heavy (non-hydrogen) atoms. The van der Waals surface area contributed by atoms with Crippen molar-refractivity contribution in [3.63, 3.8) is 0 Å².